The first kappa shape index (κ1) is 27.1. The number of amides is 1. The molecule has 202 valence electrons. The number of nitrogens with one attached hydrogen (secondary N) is 1. The first-order valence-electron chi connectivity index (χ1n) is 13.3. The van der Waals surface area contributed by atoms with E-state index in [1.807, 2.05) is 39.8 Å². The molecule has 0 unspecified atom stereocenters. The molecule has 0 radical (unpaired) electrons. The summed E-state index contributed by atoms with van der Waals surface area (Å²) in [7, 11) is 0. The maximum absolute atomic E-state index is 13.3. The number of carboxylic acids is 1. The Labute approximate surface area is 217 Å². The van der Waals surface area contributed by atoms with Crippen molar-refractivity contribution in [3.05, 3.63) is 41.1 Å². The number of rotatable bonds is 8. The molecule has 0 aliphatic heterocycles. The summed E-state index contributed by atoms with van der Waals surface area (Å²) in [4.78, 5) is 24.4. The summed E-state index contributed by atoms with van der Waals surface area (Å²) < 4.78 is 33.3. The van der Waals surface area contributed by atoms with Gasteiger partial charge in [-0.2, -0.15) is 8.78 Å². The number of carbonyl (C=O) groups excluding carboxylic acids is 1. The zero-order chi connectivity index (χ0) is 26.9. The molecule has 0 bridgehead atoms. The lowest BCUT2D eigenvalue weighted by Gasteiger charge is -2.32. The number of nitrogens with zero attached hydrogens (tertiary/aromatic N) is 1. The highest BCUT2D eigenvalue weighted by atomic mass is 19.3. The van der Waals surface area contributed by atoms with Crippen molar-refractivity contribution in [2.45, 2.75) is 97.3 Å². The number of ether oxygens (including phenoxy) is 1. The highest BCUT2D eigenvalue weighted by molar-refractivity contribution is 5.97. The van der Waals surface area contributed by atoms with Crippen molar-refractivity contribution in [2.24, 2.45) is 11.8 Å². The van der Waals surface area contributed by atoms with E-state index in [-0.39, 0.29) is 23.1 Å². The van der Waals surface area contributed by atoms with E-state index in [0.29, 0.717) is 24.3 Å². The predicted molar refractivity (Wildman–Crippen MR) is 138 cm³/mol. The van der Waals surface area contributed by atoms with Crippen molar-refractivity contribution in [3.8, 4) is 17.0 Å². The third-order valence-corrected chi connectivity index (χ3v) is 7.89. The molecule has 2 fully saturated rings. The number of aromatic nitrogens is 1. The Bertz CT molecular complexity index is 1140. The van der Waals surface area contributed by atoms with Gasteiger partial charge in [0.2, 0.25) is 0 Å². The van der Waals surface area contributed by atoms with Gasteiger partial charge in [0, 0.05) is 29.5 Å². The van der Waals surface area contributed by atoms with Gasteiger partial charge in [0.15, 0.2) is 0 Å². The van der Waals surface area contributed by atoms with Crippen LogP contribution in [0.3, 0.4) is 0 Å². The second-order valence-electron chi connectivity index (χ2n) is 11.7. The summed E-state index contributed by atoms with van der Waals surface area (Å²) in [6.07, 6.45) is 6.72. The van der Waals surface area contributed by atoms with Crippen LogP contribution in [0.1, 0.15) is 87.3 Å². The summed E-state index contributed by atoms with van der Waals surface area (Å²) in [6, 6.07) is 6.96. The highest BCUT2D eigenvalue weighted by Crippen LogP contribution is 2.37. The zero-order valence-electron chi connectivity index (χ0n) is 22.2. The van der Waals surface area contributed by atoms with Crippen LogP contribution in [-0.2, 0) is 16.8 Å². The van der Waals surface area contributed by atoms with Gasteiger partial charge in [-0.1, -0.05) is 40.0 Å². The van der Waals surface area contributed by atoms with Crippen molar-refractivity contribution < 1.29 is 28.2 Å². The van der Waals surface area contributed by atoms with E-state index in [0.717, 1.165) is 41.9 Å². The van der Waals surface area contributed by atoms with Gasteiger partial charge in [-0.15, -0.1) is 0 Å². The van der Waals surface area contributed by atoms with Crippen LogP contribution in [-0.4, -0.2) is 34.2 Å². The monoisotopic (exact) mass is 516 g/mol. The van der Waals surface area contributed by atoms with Crippen LogP contribution in [0.4, 0.5) is 8.78 Å². The Balaban J connectivity index is 1.72. The molecule has 2 N–H and O–H groups in total. The first-order valence-corrected chi connectivity index (χ1v) is 13.3. The maximum atomic E-state index is 13.3. The van der Waals surface area contributed by atoms with Crippen LogP contribution in [0, 0.1) is 18.8 Å². The summed E-state index contributed by atoms with van der Waals surface area (Å²) in [5, 5.41) is 12.1. The molecule has 6 nitrogen and oxygen atoms in total. The third kappa shape index (κ3) is 6.33. The van der Waals surface area contributed by atoms with Crippen LogP contribution in [0.15, 0.2) is 24.3 Å². The van der Waals surface area contributed by atoms with Gasteiger partial charge in [-0.05, 0) is 73.8 Å². The van der Waals surface area contributed by atoms with Crippen molar-refractivity contribution >= 4 is 11.9 Å². The van der Waals surface area contributed by atoms with Crippen molar-refractivity contribution in [1.82, 2.24) is 9.88 Å². The molecular weight excluding hydrogens is 478 g/mol. The fraction of sp³-hybridized carbons (Fsp3) is 0.586. The van der Waals surface area contributed by atoms with Crippen LogP contribution < -0.4 is 10.1 Å². The zero-order valence-corrected chi connectivity index (χ0v) is 22.2. The smallest absolute Gasteiger partial charge is 0.387 e. The number of carboxylic acid groups (broad SMARTS) is 1. The third-order valence-electron chi connectivity index (χ3n) is 7.89. The lowest BCUT2D eigenvalue weighted by atomic mass is 9.80. The molecular formula is C29H38F2N2O4. The molecule has 0 spiro atoms. The van der Waals surface area contributed by atoms with Crippen LogP contribution >= 0.6 is 0 Å². The predicted octanol–water partition coefficient (Wildman–Crippen LogP) is 6.54. The molecule has 2 aromatic rings. The van der Waals surface area contributed by atoms with E-state index >= 15 is 0 Å². The Hall–Kier alpha value is -2.90. The molecule has 1 aromatic carbocycles. The van der Waals surface area contributed by atoms with Gasteiger partial charge in [-0.3, -0.25) is 9.59 Å². The van der Waals surface area contributed by atoms with Gasteiger partial charge in [0.1, 0.15) is 5.75 Å². The maximum Gasteiger partial charge on any atom is 0.387 e. The number of aliphatic carboxylic acids is 1. The van der Waals surface area contributed by atoms with E-state index in [2.05, 4.69) is 9.88 Å². The standard InChI is InChI=1S/C29H38F2N2O4/c1-17-24(26(34)32-22-11-20(12-22)27(35)36)15-25(33(17)16-18-8-6-5-7-9-18)19-10-21(29(2,3)4)14-23(13-19)37-28(30)31/h10,13-15,18,20,22,28H,5-9,11-12,16H2,1-4H3,(H,32,34)(H,35,36)/t20-,22-. The fourth-order valence-electron chi connectivity index (χ4n) is 5.53. The Morgan fingerprint density at radius 1 is 1.11 bits per heavy atom. The number of hydrogen-bond acceptors (Lipinski definition) is 3. The molecule has 0 saturated heterocycles. The second kappa shape index (κ2) is 10.8. The van der Waals surface area contributed by atoms with Gasteiger partial charge < -0.3 is 19.7 Å². The largest absolute Gasteiger partial charge is 0.481 e. The number of carbonyl (C=O) groups is 2. The van der Waals surface area contributed by atoms with E-state index in [4.69, 9.17) is 9.84 Å². The minimum atomic E-state index is -2.93. The molecule has 8 heteroatoms. The summed E-state index contributed by atoms with van der Waals surface area (Å²) >= 11 is 0. The van der Waals surface area contributed by atoms with Crippen molar-refractivity contribution in [1.29, 1.82) is 0 Å². The molecule has 0 atom stereocenters. The molecule has 2 aliphatic carbocycles. The van der Waals surface area contributed by atoms with Gasteiger partial charge >= 0.3 is 12.6 Å². The number of benzene rings is 1. The van der Waals surface area contributed by atoms with E-state index < -0.39 is 18.5 Å². The summed E-state index contributed by atoms with van der Waals surface area (Å²) in [5.41, 5.74) is 3.46. The Morgan fingerprint density at radius 3 is 2.38 bits per heavy atom. The van der Waals surface area contributed by atoms with Crippen LogP contribution in [0.2, 0.25) is 0 Å². The Kier molecular flexibility index (Phi) is 7.95. The molecule has 4 rings (SSSR count). The lowest BCUT2D eigenvalue weighted by molar-refractivity contribution is -0.145. The topological polar surface area (TPSA) is 80.6 Å². The van der Waals surface area contributed by atoms with Crippen molar-refractivity contribution in [3.63, 3.8) is 0 Å². The van der Waals surface area contributed by atoms with E-state index in [1.165, 1.54) is 19.3 Å². The minimum absolute atomic E-state index is 0.0978. The second-order valence-corrected chi connectivity index (χ2v) is 11.7. The number of alkyl halides is 2. The van der Waals surface area contributed by atoms with Gasteiger partial charge in [0.25, 0.3) is 5.91 Å². The Morgan fingerprint density at radius 2 is 1.78 bits per heavy atom. The SMILES string of the molecule is Cc1c(C(=O)N[C@H]2C[C@H](C(=O)O)C2)cc(-c2cc(OC(F)F)cc(C(C)(C)C)c2)n1CC1CCCCC1. The van der Waals surface area contributed by atoms with Gasteiger partial charge in [0.05, 0.1) is 11.5 Å². The average Bonchev–Trinajstić information content (AvgIpc) is 3.11. The quantitative estimate of drug-likeness (QED) is 0.418. The molecule has 37 heavy (non-hydrogen) atoms. The van der Waals surface area contributed by atoms with Crippen LogP contribution in [0.5, 0.6) is 5.75 Å². The molecule has 2 aliphatic rings. The molecule has 1 aromatic heterocycles. The summed E-state index contributed by atoms with van der Waals surface area (Å²) in [5.74, 6) is -0.888. The molecule has 1 amide bonds. The van der Waals surface area contributed by atoms with E-state index in [1.54, 1.807) is 12.1 Å². The lowest BCUT2D eigenvalue weighted by Crippen LogP contribution is -2.46. The normalized spacial score (nSPS) is 20.5. The number of halogens is 2. The van der Waals surface area contributed by atoms with Crippen molar-refractivity contribution in [2.75, 3.05) is 0 Å². The number of hydrogen-bond donors (Lipinski definition) is 2. The first-order chi connectivity index (χ1) is 17.4. The molecule has 2 saturated carbocycles. The summed E-state index contributed by atoms with van der Waals surface area (Å²) in [6.45, 7) is 5.80. The van der Waals surface area contributed by atoms with Gasteiger partial charge in [-0.25, -0.2) is 0 Å². The minimum Gasteiger partial charge on any atom is -0.481 e. The van der Waals surface area contributed by atoms with Crippen LogP contribution in [0.25, 0.3) is 11.3 Å². The average molecular weight is 517 g/mol. The highest BCUT2D eigenvalue weighted by Gasteiger charge is 2.36. The fourth-order valence-corrected chi connectivity index (χ4v) is 5.53. The van der Waals surface area contributed by atoms with E-state index in [9.17, 15) is 18.4 Å². The molecule has 1 heterocycles.